The molecule has 0 fully saturated rings. The molecule has 0 bridgehead atoms. The van der Waals surface area contributed by atoms with Crippen molar-refractivity contribution in [3.63, 3.8) is 0 Å². The molecule has 1 rings (SSSR count). The lowest BCUT2D eigenvalue weighted by Crippen LogP contribution is -1.85. The molecule has 0 aliphatic heterocycles. The zero-order chi connectivity index (χ0) is 10.6. The summed E-state index contributed by atoms with van der Waals surface area (Å²) in [5.41, 5.74) is 1.82. The largest absolute Gasteiger partial charge is 0.206 e. The number of hydrogen-bond acceptors (Lipinski definition) is 1. The maximum Gasteiger partial charge on any atom is 0.140 e. The van der Waals surface area contributed by atoms with Gasteiger partial charge >= 0.3 is 0 Å². The Kier molecular flexibility index (Phi) is 3.67. The smallest absolute Gasteiger partial charge is 0.140 e. The quantitative estimate of drug-likeness (QED) is 0.686. The summed E-state index contributed by atoms with van der Waals surface area (Å²) in [6.45, 7) is 1.88. The van der Waals surface area contributed by atoms with Crippen molar-refractivity contribution in [2.24, 2.45) is 0 Å². The van der Waals surface area contributed by atoms with E-state index in [-0.39, 0.29) is 5.56 Å². The van der Waals surface area contributed by atoms with E-state index in [1.165, 1.54) is 12.1 Å². The monoisotopic (exact) mass is 209 g/mol. The third kappa shape index (κ3) is 2.58. The summed E-state index contributed by atoms with van der Waals surface area (Å²) in [7, 11) is 0. The lowest BCUT2D eigenvalue weighted by Gasteiger charge is -1.98. The van der Waals surface area contributed by atoms with E-state index in [2.05, 4.69) is 0 Å². The van der Waals surface area contributed by atoms with E-state index in [4.69, 9.17) is 16.9 Å². The van der Waals surface area contributed by atoms with Crippen molar-refractivity contribution in [3.05, 3.63) is 40.7 Å². The summed E-state index contributed by atoms with van der Waals surface area (Å²) < 4.78 is 12.9. The number of allylic oxidation sites excluding steroid dienone is 1. The summed E-state index contributed by atoms with van der Waals surface area (Å²) in [6, 6.07) is 6.20. The van der Waals surface area contributed by atoms with Crippen LogP contribution in [0.25, 0.3) is 6.08 Å². The lowest BCUT2D eigenvalue weighted by atomic mass is 10.1. The second-order valence-electron chi connectivity index (χ2n) is 2.98. The number of nitrogens with zero attached hydrogens (tertiary/aromatic N) is 1. The van der Waals surface area contributed by atoms with Crippen LogP contribution in [0.5, 0.6) is 0 Å². The Morgan fingerprint density at radius 3 is 2.93 bits per heavy atom. The molecule has 0 saturated heterocycles. The number of hydrogen-bond donors (Lipinski definition) is 0. The lowest BCUT2D eigenvalue weighted by molar-refractivity contribution is 0.624. The van der Waals surface area contributed by atoms with Gasteiger partial charge in [-0.2, -0.15) is 5.26 Å². The minimum Gasteiger partial charge on any atom is -0.206 e. The molecule has 3 heteroatoms. The van der Waals surface area contributed by atoms with Crippen molar-refractivity contribution in [2.75, 3.05) is 5.88 Å². The fourth-order valence-electron chi connectivity index (χ4n) is 1.04. The number of halogens is 2. The predicted molar refractivity (Wildman–Crippen MR) is 55.5 cm³/mol. The molecule has 1 aromatic rings. The minimum atomic E-state index is -0.492. The van der Waals surface area contributed by atoms with Crippen molar-refractivity contribution in [1.29, 1.82) is 5.26 Å². The molecule has 0 saturated carbocycles. The predicted octanol–water partition coefficient (Wildman–Crippen LogP) is 3.34. The maximum absolute atomic E-state index is 12.9. The molecule has 0 unspecified atom stereocenters. The van der Waals surface area contributed by atoms with Gasteiger partial charge in [0.05, 0.1) is 5.56 Å². The van der Waals surface area contributed by atoms with Gasteiger partial charge in [-0.25, -0.2) is 4.39 Å². The molecular formula is C11H9ClFN. The highest BCUT2D eigenvalue weighted by molar-refractivity contribution is 6.19. The number of rotatable bonds is 2. The zero-order valence-corrected chi connectivity index (χ0v) is 8.48. The van der Waals surface area contributed by atoms with Crippen LogP contribution in [-0.2, 0) is 0 Å². The third-order valence-electron chi connectivity index (χ3n) is 1.73. The van der Waals surface area contributed by atoms with E-state index in [9.17, 15) is 4.39 Å². The van der Waals surface area contributed by atoms with Gasteiger partial charge in [-0.05, 0) is 24.6 Å². The van der Waals surface area contributed by atoms with E-state index in [0.29, 0.717) is 5.88 Å². The van der Waals surface area contributed by atoms with E-state index in [1.54, 1.807) is 12.1 Å². The van der Waals surface area contributed by atoms with Crippen LogP contribution in [-0.4, -0.2) is 5.88 Å². The molecule has 14 heavy (non-hydrogen) atoms. The van der Waals surface area contributed by atoms with Gasteiger partial charge in [-0.3, -0.25) is 0 Å². The van der Waals surface area contributed by atoms with Crippen molar-refractivity contribution >= 4 is 17.7 Å². The molecular weight excluding hydrogens is 201 g/mol. The average Bonchev–Trinajstić information content (AvgIpc) is 2.20. The fourth-order valence-corrected chi connectivity index (χ4v) is 1.12. The Bertz CT molecular complexity index is 404. The van der Waals surface area contributed by atoms with Crippen LogP contribution in [0.3, 0.4) is 0 Å². The molecule has 72 valence electrons. The Balaban J connectivity index is 3.09. The van der Waals surface area contributed by atoms with Crippen molar-refractivity contribution < 1.29 is 4.39 Å². The number of nitriles is 1. The highest BCUT2D eigenvalue weighted by atomic mass is 35.5. The molecule has 1 aromatic carbocycles. The first-order valence-corrected chi connectivity index (χ1v) is 4.63. The van der Waals surface area contributed by atoms with Crippen LogP contribution >= 0.6 is 11.6 Å². The molecule has 1 nitrogen and oxygen atoms in total. The van der Waals surface area contributed by atoms with Gasteiger partial charge in [-0.15, -0.1) is 11.6 Å². The fraction of sp³-hybridized carbons (Fsp3) is 0.182. The van der Waals surface area contributed by atoms with Gasteiger partial charge in [0, 0.05) is 5.88 Å². The van der Waals surface area contributed by atoms with Crippen LogP contribution < -0.4 is 0 Å². The number of alkyl halides is 1. The first-order valence-electron chi connectivity index (χ1n) is 4.10. The van der Waals surface area contributed by atoms with Gasteiger partial charge in [0.2, 0.25) is 0 Å². The van der Waals surface area contributed by atoms with Gasteiger partial charge in [0.1, 0.15) is 11.9 Å². The molecule has 0 aromatic heterocycles. The first kappa shape index (κ1) is 10.7. The Labute approximate surface area is 87.4 Å². The third-order valence-corrected chi connectivity index (χ3v) is 2.16. The molecule has 0 amide bonds. The summed E-state index contributed by atoms with van der Waals surface area (Å²) in [5.74, 6) is -0.0626. The highest BCUT2D eigenvalue weighted by Crippen LogP contribution is 2.13. The van der Waals surface area contributed by atoms with Crippen LogP contribution in [0.2, 0.25) is 0 Å². The molecule has 0 N–H and O–H groups in total. The Morgan fingerprint density at radius 2 is 2.36 bits per heavy atom. The van der Waals surface area contributed by atoms with Crippen LogP contribution in [0, 0.1) is 17.1 Å². The standard InChI is InChI=1S/C11H9ClFN/c1-8(6-12)4-9-2-3-11(13)10(5-9)7-14/h2-5H,6H2,1H3/b8-4-. The van der Waals surface area contributed by atoms with Gasteiger partial charge in [0.15, 0.2) is 0 Å². The van der Waals surface area contributed by atoms with Gasteiger partial charge in [-0.1, -0.05) is 17.7 Å². The molecule has 0 aliphatic rings. The van der Waals surface area contributed by atoms with Crippen LogP contribution in [0.15, 0.2) is 23.8 Å². The Morgan fingerprint density at radius 1 is 1.64 bits per heavy atom. The topological polar surface area (TPSA) is 23.8 Å². The summed E-state index contributed by atoms with van der Waals surface area (Å²) in [5, 5.41) is 8.60. The second kappa shape index (κ2) is 4.78. The van der Waals surface area contributed by atoms with E-state index in [1.807, 2.05) is 13.0 Å². The maximum atomic E-state index is 12.9. The summed E-state index contributed by atoms with van der Waals surface area (Å²) >= 11 is 5.60. The molecule has 0 atom stereocenters. The van der Waals surface area contributed by atoms with Gasteiger partial charge < -0.3 is 0 Å². The van der Waals surface area contributed by atoms with Crippen molar-refractivity contribution in [1.82, 2.24) is 0 Å². The molecule has 0 aliphatic carbocycles. The Hall–Kier alpha value is -1.33. The number of benzene rings is 1. The van der Waals surface area contributed by atoms with E-state index < -0.39 is 5.82 Å². The van der Waals surface area contributed by atoms with Gasteiger partial charge in [0.25, 0.3) is 0 Å². The average molecular weight is 210 g/mol. The zero-order valence-electron chi connectivity index (χ0n) is 7.72. The normalized spacial score (nSPS) is 11.1. The summed E-state index contributed by atoms with van der Waals surface area (Å²) in [6.07, 6.45) is 1.83. The highest BCUT2D eigenvalue weighted by Gasteiger charge is 2.00. The summed E-state index contributed by atoms with van der Waals surface area (Å²) in [4.78, 5) is 0. The van der Waals surface area contributed by atoms with E-state index in [0.717, 1.165) is 11.1 Å². The minimum absolute atomic E-state index is 0.0566. The van der Waals surface area contributed by atoms with Crippen LogP contribution in [0.1, 0.15) is 18.1 Å². The first-order chi connectivity index (χ1) is 6.67. The van der Waals surface area contributed by atoms with Crippen LogP contribution in [0.4, 0.5) is 4.39 Å². The van der Waals surface area contributed by atoms with Crippen molar-refractivity contribution in [2.45, 2.75) is 6.92 Å². The SMILES string of the molecule is C/C(=C/c1ccc(F)c(C#N)c1)CCl. The second-order valence-corrected chi connectivity index (χ2v) is 3.24. The molecule has 0 spiro atoms. The van der Waals surface area contributed by atoms with Crippen molar-refractivity contribution in [3.8, 4) is 6.07 Å². The van der Waals surface area contributed by atoms with E-state index >= 15 is 0 Å². The molecule has 0 heterocycles. The molecule has 0 radical (unpaired) electrons.